The molecule has 1 N–H and O–H groups in total. The van der Waals surface area contributed by atoms with E-state index in [1.807, 2.05) is 42.5 Å². The first-order chi connectivity index (χ1) is 18.7. The lowest BCUT2D eigenvalue weighted by Gasteiger charge is -2.38. The van der Waals surface area contributed by atoms with Gasteiger partial charge in [0.25, 0.3) is 0 Å². The maximum absolute atomic E-state index is 14.7. The summed E-state index contributed by atoms with van der Waals surface area (Å²) in [6.07, 6.45) is -2.76. The van der Waals surface area contributed by atoms with Crippen molar-refractivity contribution in [2.45, 2.75) is 31.2 Å². The van der Waals surface area contributed by atoms with Crippen LogP contribution in [0.15, 0.2) is 85.1 Å². The van der Waals surface area contributed by atoms with E-state index in [4.69, 9.17) is 0 Å². The van der Waals surface area contributed by atoms with Crippen LogP contribution in [0.3, 0.4) is 0 Å². The monoisotopic (exact) mass is 531 g/mol. The van der Waals surface area contributed by atoms with E-state index >= 15 is 0 Å². The molecule has 0 radical (unpaired) electrons. The number of ketones is 1. The first-order valence-electron chi connectivity index (χ1n) is 12.9. The van der Waals surface area contributed by atoms with Gasteiger partial charge in [-0.25, -0.2) is 0 Å². The number of aromatic nitrogens is 1. The Morgan fingerprint density at radius 3 is 2.23 bits per heavy atom. The van der Waals surface area contributed by atoms with Gasteiger partial charge in [0, 0.05) is 41.7 Å². The van der Waals surface area contributed by atoms with Crippen LogP contribution in [0.1, 0.15) is 39.9 Å². The fourth-order valence-corrected chi connectivity index (χ4v) is 5.44. The average Bonchev–Trinajstić information content (AvgIpc) is 3.31. The van der Waals surface area contributed by atoms with Crippen molar-refractivity contribution in [1.82, 2.24) is 9.47 Å². The van der Waals surface area contributed by atoms with Crippen LogP contribution in [-0.2, 0) is 12.1 Å². The highest BCUT2D eigenvalue weighted by Crippen LogP contribution is 2.44. The number of hydrogen-bond donors (Lipinski definition) is 1. The largest absolute Gasteiger partial charge is 0.422 e. The molecule has 8 heteroatoms. The molecule has 1 aromatic heterocycles. The number of halogens is 3. The van der Waals surface area contributed by atoms with Crippen molar-refractivity contribution in [3.63, 3.8) is 0 Å². The second-order valence-corrected chi connectivity index (χ2v) is 10.1. The van der Waals surface area contributed by atoms with Gasteiger partial charge in [-0.2, -0.15) is 18.4 Å². The lowest BCUT2D eigenvalue weighted by molar-refractivity contribution is -0.271. The van der Waals surface area contributed by atoms with Crippen LogP contribution in [0.2, 0.25) is 0 Å². The molecule has 5 nitrogen and oxygen atoms in total. The maximum atomic E-state index is 14.7. The summed E-state index contributed by atoms with van der Waals surface area (Å²) in [5.41, 5.74) is -1.13. The smallest absolute Gasteiger partial charge is 0.375 e. The van der Waals surface area contributed by atoms with Crippen molar-refractivity contribution >= 4 is 16.7 Å². The molecule has 0 amide bonds. The van der Waals surface area contributed by atoms with Gasteiger partial charge in [-0.05, 0) is 43.6 Å². The molecule has 1 aliphatic heterocycles. The summed E-state index contributed by atoms with van der Waals surface area (Å²) < 4.78 is 45.7. The zero-order chi connectivity index (χ0) is 27.6. The number of β-amino-alcohol motifs (C(OH)–C–C–N with tert-alkyl or cyclic N) is 1. The fourth-order valence-electron chi connectivity index (χ4n) is 5.44. The molecule has 1 saturated heterocycles. The zero-order valence-electron chi connectivity index (χ0n) is 21.2. The number of hydrogen-bond acceptors (Lipinski definition) is 4. The quantitative estimate of drug-likeness (QED) is 0.301. The number of fused-ring (bicyclic) bond motifs is 1. The van der Waals surface area contributed by atoms with E-state index < -0.39 is 18.3 Å². The number of nitrogens with zero attached hydrogens (tertiary/aromatic N) is 3. The van der Waals surface area contributed by atoms with Crippen LogP contribution in [0.5, 0.6) is 0 Å². The van der Waals surface area contributed by atoms with Crippen LogP contribution in [0.25, 0.3) is 10.9 Å². The van der Waals surface area contributed by atoms with Gasteiger partial charge >= 0.3 is 6.18 Å². The highest BCUT2D eigenvalue weighted by Gasteiger charge is 2.57. The molecule has 0 saturated carbocycles. The van der Waals surface area contributed by atoms with Crippen molar-refractivity contribution in [2.75, 3.05) is 19.6 Å². The Kier molecular flexibility index (Phi) is 7.30. The standard InChI is InChI=1S/C31H28F3N3O2/c32-31(33,34)30(39,21-36-15-13-25(14-16-36)29(38)24-9-5-2-6-10-24)27-20-37(19-22-7-3-1-4-8-22)28-17-23(18-35)11-12-26(27)28/h1-12,17,20,25,39H,13-16,19,21H2. The minimum absolute atomic E-state index is 0.00128. The highest BCUT2D eigenvalue weighted by molar-refractivity contribution is 5.97. The van der Waals surface area contributed by atoms with E-state index in [0.29, 0.717) is 29.5 Å². The lowest BCUT2D eigenvalue weighted by atomic mass is 9.87. The van der Waals surface area contributed by atoms with Crippen molar-refractivity contribution in [3.05, 3.63) is 107 Å². The summed E-state index contributed by atoms with van der Waals surface area (Å²) in [7, 11) is 0. The molecule has 4 aromatic rings. The third-order valence-electron chi connectivity index (χ3n) is 7.59. The van der Waals surface area contributed by atoms with E-state index in [-0.39, 0.29) is 42.3 Å². The Balaban J connectivity index is 1.45. The zero-order valence-corrected chi connectivity index (χ0v) is 21.2. The summed E-state index contributed by atoms with van der Waals surface area (Å²) in [4.78, 5) is 14.4. The number of piperidine rings is 1. The van der Waals surface area contributed by atoms with Crippen molar-refractivity contribution < 1.29 is 23.1 Å². The van der Waals surface area contributed by atoms with Gasteiger partial charge in [-0.3, -0.25) is 9.69 Å². The molecule has 0 aliphatic carbocycles. The number of carbonyl (C=O) groups is 1. The molecule has 3 aromatic carbocycles. The van der Waals surface area contributed by atoms with E-state index in [1.165, 1.54) is 18.3 Å². The van der Waals surface area contributed by atoms with Crippen LogP contribution in [0, 0.1) is 17.2 Å². The molecule has 1 atom stereocenters. The highest BCUT2D eigenvalue weighted by atomic mass is 19.4. The predicted octanol–water partition coefficient (Wildman–Crippen LogP) is 5.91. The molecule has 39 heavy (non-hydrogen) atoms. The minimum atomic E-state index is -4.95. The number of benzene rings is 3. The van der Waals surface area contributed by atoms with E-state index in [0.717, 1.165) is 5.56 Å². The molecule has 1 unspecified atom stereocenters. The maximum Gasteiger partial charge on any atom is 0.422 e. The van der Waals surface area contributed by atoms with Crippen LogP contribution < -0.4 is 0 Å². The topological polar surface area (TPSA) is 69.3 Å². The second kappa shape index (κ2) is 10.7. The fraction of sp³-hybridized carbons (Fsp3) is 0.290. The first-order valence-corrected chi connectivity index (χ1v) is 12.9. The number of alkyl halides is 3. The van der Waals surface area contributed by atoms with Gasteiger partial charge in [0.2, 0.25) is 5.60 Å². The molecular formula is C31H28F3N3O2. The third kappa shape index (κ3) is 5.33. The number of nitriles is 1. The van der Waals surface area contributed by atoms with Gasteiger partial charge in [-0.1, -0.05) is 66.7 Å². The van der Waals surface area contributed by atoms with Crippen molar-refractivity contribution in [1.29, 1.82) is 5.26 Å². The van der Waals surface area contributed by atoms with Crippen LogP contribution >= 0.6 is 0 Å². The van der Waals surface area contributed by atoms with E-state index in [2.05, 4.69) is 0 Å². The summed E-state index contributed by atoms with van der Waals surface area (Å²) in [5, 5.41) is 21.1. The van der Waals surface area contributed by atoms with Gasteiger partial charge in [0.15, 0.2) is 5.78 Å². The second-order valence-electron chi connectivity index (χ2n) is 10.1. The average molecular weight is 532 g/mol. The van der Waals surface area contributed by atoms with Crippen LogP contribution in [0.4, 0.5) is 13.2 Å². The SMILES string of the molecule is N#Cc1ccc2c(C(O)(CN3CCC(C(=O)c4ccccc4)CC3)C(F)(F)F)cn(Cc3ccccc3)c2c1. The van der Waals surface area contributed by atoms with Gasteiger partial charge in [-0.15, -0.1) is 0 Å². The molecule has 1 aliphatic rings. The normalized spacial score (nSPS) is 16.6. The number of carbonyl (C=O) groups excluding carboxylic acids is 1. The predicted molar refractivity (Wildman–Crippen MR) is 142 cm³/mol. The number of rotatable bonds is 7. The minimum Gasteiger partial charge on any atom is -0.375 e. The summed E-state index contributed by atoms with van der Waals surface area (Å²) in [6, 6.07) is 24.8. The molecule has 2 heterocycles. The molecule has 200 valence electrons. The summed E-state index contributed by atoms with van der Waals surface area (Å²) >= 11 is 0. The summed E-state index contributed by atoms with van der Waals surface area (Å²) in [5.74, 6) is -0.265. The lowest BCUT2D eigenvalue weighted by Crippen LogP contribution is -2.52. The molecule has 1 fully saturated rings. The van der Waals surface area contributed by atoms with E-state index in [1.54, 1.807) is 39.8 Å². The summed E-state index contributed by atoms with van der Waals surface area (Å²) in [6.45, 7) is 0.173. The van der Waals surface area contributed by atoms with Gasteiger partial charge < -0.3 is 9.67 Å². The molecule has 0 bridgehead atoms. The first kappa shape index (κ1) is 26.7. The van der Waals surface area contributed by atoms with Gasteiger partial charge in [0.1, 0.15) is 0 Å². The molecule has 0 spiro atoms. The third-order valence-corrected chi connectivity index (χ3v) is 7.59. The molecular weight excluding hydrogens is 503 g/mol. The Bertz CT molecular complexity index is 1500. The Labute approximate surface area is 224 Å². The Hall–Kier alpha value is -3.93. The van der Waals surface area contributed by atoms with Crippen molar-refractivity contribution in [2.24, 2.45) is 5.92 Å². The number of Topliss-reactive ketones (excluding diaryl/α,β-unsaturated/α-hetero) is 1. The molecule has 5 rings (SSSR count). The van der Waals surface area contributed by atoms with Crippen LogP contribution in [-0.4, -0.2) is 46.2 Å². The Morgan fingerprint density at radius 2 is 1.62 bits per heavy atom. The van der Waals surface area contributed by atoms with Crippen molar-refractivity contribution in [3.8, 4) is 6.07 Å². The number of aliphatic hydroxyl groups is 1. The van der Waals surface area contributed by atoms with E-state index in [9.17, 15) is 28.3 Å². The Morgan fingerprint density at radius 1 is 0.974 bits per heavy atom. The van der Waals surface area contributed by atoms with Gasteiger partial charge in [0.05, 0.1) is 17.1 Å². The number of likely N-dealkylation sites (tertiary alicyclic amines) is 1.